The molecular weight excluding hydrogens is 301 g/mol. The van der Waals surface area contributed by atoms with Gasteiger partial charge in [-0.15, -0.1) is 0 Å². The van der Waals surface area contributed by atoms with Crippen LogP contribution < -0.4 is 15.3 Å². The van der Waals surface area contributed by atoms with E-state index in [9.17, 15) is 4.57 Å². The van der Waals surface area contributed by atoms with Gasteiger partial charge in [-0.2, -0.15) is 0 Å². The predicted octanol–water partition coefficient (Wildman–Crippen LogP) is 3.15. The molecule has 0 aliphatic heterocycles. The molecule has 0 bridgehead atoms. The van der Waals surface area contributed by atoms with Gasteiger partial charge in [0, 0.05) is 16.1 Å². The number of nitrogens with one attached hydrogen (secondary N) is 1. The average Bonchev–Trinajstić information content (AvgIpc) is 2.54. The van der Waals surface area contributed by atoms with Crippen LogP contribution in [0.1, 0.15) is 13.8 Å². The van der Waals surface area contributed by atoms with Gasteiger partial charge in [-0.3, -0.25) is 9.29 Å². The molecule has 3 nitrogen and oxygen atoms in total. The summed E-state index contributed by atoms with van der Waals surface area (Å²) in [5.74, 6) is 0. The average molecular weight is 321 g/mol. The summed E-state index contributed by atoms with van der Waals surface area (Å²) >= 11 is 4.09. The van der Waals surface area contributed by atoms with Crippen molar-refractivity contribution in [3.8, 4) is 0 Å². The second-order valence-electron chi connectivity index (χ2n) is 5.49. The summed E-state index contributed by atoms with van der Waals surface area (Å²) in [7, 11) is -3.11. The summed E-state index contributed by atoms with van der Waals surface area (Å²) in [5, 5.41) is 1.40. The minimum atomic E-state index is -3.11. The van der Waals surface area contributed by atoms with Crippen LogP contribution in [0.4, 0.5) is 0 Å². The maximum atomic E-state index is 13.5. The van der Waals surface area contributed by atoms with E-state index in [-0.39, 0.29) is 12.1 Å². The Labute approximate surface area is 131 Å². The largest absolute Gasteiger partial charge is 0.320 e. The fourth-order valence-corrected chi connectivity index (χ4v) is 4.13. The first-order valence-corrected chi connectivity index (χ1v) is 8.82. The third kappa shape index (κ3) is 3.98. The summed E-state index contributed by atoms with van der Waals surface area (Å²) in [6.45, 7) is 4.18. The maximum absolute atomic E-state index is 13.5. The molecule has 2 aromatic carbocycles. The Balaban J connectivity index is 2.39. The minimum Gasteiger partial charge on any atom is -0.320 e. The first-order valence-electron chi connectivity index (χ1n) is 6.75. The number of benzene rings is 2. The number of hydrogen-bond acceptors (Lipinski definition) is 4. The Kier molecular flexibility index (Phi) is 5.28. The molecule has 0 amide bonds. The minimum absolute atomic E-state index is 0.289. The fraction of sp³-hybridized carbons (Fsp3) is 0.250. The Morgan fingerprint density at radius 2 is 1.43 bits per heavy atom. The lowest BCUT2D eigenvalue weighted by Gasteiger charge is -2.27. The van der Waals surface area contributed by atoms with Crippen LogP contribution in [0.5, 0.6) is 0 Å². The van der Waals surface area contributed by atoms with Crippen LogP contribution in [0.3, 0.4) is 0 Å². The standard InChI is InChI=1S/C16H20NO2PS/c1-16(2,17-21)13-19-20(18,14-9-5-3-6-10-14)15-11-7-4-8-12-15/h3-12,17,21H,13H2,1-2H3. The molecule has 0 heterocycles. The van der Waals surface area contributed by atoms with Crippen molar-refractivity contribution in [1.82, 2.24) is 4.72 Å². The van der Waals surface area contributed by atoms with Crippen LogP contribution in [-0.4, -0.2) is 12.1 Å². The highest BCUT2D eigenvalue weighted by Gasteiger charge is 2.31. The zero-order chi connectivity index (χ0) is 15.3. The molecule has 0 aliphatic rings. The monoisotopic (exact) mass is 321 g/mol. The molecule has 2 aromatic rings. The van der Waals surface area contributed by atoms with Gasteiger partial charge in [0.1, 0.15) is 0 Å². The summed E-state index contributed by atoms with van der Waals surface area (Å²) in [5.41, 5.74) is -0.373. The van der Waals surface area contributed by atoms with Crippen molar-refractivity contribution in [1.29, 1.82) is 0 Å². The van der Waals surface area contributed by atoms with Crippen molar-refractivity contribution in [2.24, 2.45) is 0 Å². The van der Waals surface area contributed by atoms with E-state index in [0.29, 0.717) is 10.6 Å². The van der Waals surface area contributed by atoms with Gasteiger partial charge in [0.05, 0.1) is 6.61 Å². The topological polar surface area (TPSA) is 38.3 Å². The molecule has 0 saturated carbocycles. The lowest BCUT2D eigenvalue weighted by molar-refractivity contribution is 0.242. The summed E-state index contributed by atoms with van der Waals surface area (Å²) < 4.78 is 22.3. The van der Waals surface area contributed by atoms with Gasteiger partial charge in [-0.25, -0.2) is 0 Å². The van der Waals surface area contributed by atoms with E-state index < -0.39 is 7.37 Å². The van der Waals surface area contributed by atoms with E-state index in [1.54, 1.807) is 0 Å². The van der Waals surface area contributed by atoms with Crippen LogP contribution in [-0.2, 0) is 9.09 Å². The number of thiol groups is 1. The van der Waals surface area contributed by atoms with Crippen LogP contribution in [0.15, 0.2) is 60.7 Å². The smallest absolute Gasteiger partial charge is 0.261 e. The van der Waals surface area contributed by atoms with Gasteiger partial charge >= 0.3 is 0 Å². The van der Waals surface area contributed by atoms with E-state index in [0.717, 1.165) is 0 Å². The third-order valence-electron chi connectivity index (χ3n) is 3.10. The van der Waals surface area contributed by atoms with Crippen LogP contribution in [0, 0.1) is 0 Å². The lowest BCUT2D eigenvalue weighted by atomic mass is 10.1. The number of rotatable bonds is 6. The molecule has 0 aromatic heterocycles. The van der Waals surface area contributed by atoms with Gasteiger partial charge in [0.15, 0.2) is 0 Å². The molecular formula is C16H20NO2PS. The van der Waals surface area contributed by atoms with Crippen LogP contribution in [0.2, 0.25) is 0 Å². The fourth-order valence-electron chi connectivity index (χ4n) is 1.83. The molecule has 0 spiro atoms. The van der Waals surface area contributed by atoms with Gasteiger partial charge in [0.25, 0.3) is 7.37 Å². The summed E-state index contributed by atoms with van der Waals surface area (Å²) in [4.78, 5) is 0. The van der Waals surface area contributed by atoms with E-state index >= 15 is 0 Å². The summed E-state index contributed by atoms with van der Waals surface area (Å²) in [6.07, 6.45) is 0. The molecule has 21 heavy (non-hydrogen) atoms. The van der Waals surface area contributed by atoms with E-state index in [2.05, 4.69) is 17.5 Å². The van der Waals surface area contributed by atoms with Crippen molar-refractivity contribution in [2.45, 2.75) is 19.4 Å². The third-order valence-corrected chi connectivity index (χ3v) is 6.16. The van der Waals surface area contributed by atoms with Crippen LogP contribution >= 0.6 is 20.2 Å². The highest BCUT2D eigenvalue weighted by atomic mass is 32.1. The second-order valence-corrected chi connectivity index (χ2v) is 8.11. The van der Waals surface area contributed by atoms with E-state index in [1.807, 2.05) is 74.5 Å². The van der Waals surface area contributed by atoms with Gasteiger partial charge in [0.2, 0.25) is 0 Å². The van der Waals surface area contributed by atoms with Gasteiger partial charge < -0.3 is 4.52 Å². The maximum Gasteiger partial charge on any atom is 0.261 e. The molecule has 0 unspecified atom stereocenters. The zero-order valence-electron chi connectivity index (χ0n) is 12.2. The Morgan fingerprint density at radius 1 is 1.00 bits per heavy atom. The highest BCUT2D eigenvalue weighted by Crippen LogP contribution is 2.45. The van der Waals surface area contributed by atoms with Gasteiger partial charge in [-0.1, -0.05) is 49.2 Å². The molecule has 0 radical (unpaired) electrons. The Morgan fingerprint density at radius 3 is 1.81 bits per heavy atom. The quantitative estimate of drug-likeness (QED) is 0.634. The zero-order valence-corrected chi connectivity index (χ0v) is 14.0. The SMILES string of the molecule is CC(C)(COP(=O)(c1ccccc1)c1ccccc1)NS. The molecule has 0 atom stereocenters. The number of hydrogen-bond donors (Lipinski definition) is 2. The van der Waals surface area contributed by atoms with Crippen molar-refractivity contribution >= 4 is 30.8 Å². The van der Waals surface area contributed by atoms with Crippen molar-refractivity contribution < 1.29 is 9.09 Å². The molecule has 0 saturated heterocycles. The molecule has 0 aliphatic carbocycles. The first-order chi connectivity index (χ1) is 9.98. The van der Waals surface area contributed by atoms with E-state index in [4.69, 9.17) is 4.52 Å². The Hall–Kier alpha value is -1.06. The molecule has 0 fully saturated rings. The molecule has 1 N–H and O–H groups in total. The van der Waals surface area contributed by atoms with E-state index in [1.165, 1.54) is 0 Å². The van der Waals surface area contributed by atoms with Crippen LogP contribution in [0.25, 0.3) is 0 Å². The van der Waals surface area contributed by atoms with Crippen molar-refractivity contribution in [2.75, 3.05) is 6.61 Å². The highest BCUT2D eigenvalue weighted by molar-refractivity contribution is 7.78. The molecule has 2 rings (SSSR count). The normalized spacial score (nSPS) is 12.3. The lowest BCUT2D eigenvalue weighted by Crippen LogP contribution is -2.38. The predicted molar refractivity (Wildman–Crippen MR) is 91.9 cm³/mol. The first kappa shape index (κ1) is 16.3. The van der Waals surface area contributed by atoms with Crippen molar-refractivity contribution in [3.05, 3.63) is 60.7 Å². The molecule has 5 heteroatoms. The molecule has 112 valence electrons. The Bertz CT molecular complexity index is 573. The summed E-state index contributed by atoms with van der Waals surface area (Å²) in [6, 6.07) is 18.7. The van der Waals surface area contributed by atoms with Gasteiger partial charge in [-0.05, 0) is 38.1 Å². The second kappa shape index (κ2) is 6.80. The van der Waals surface area contributed by atoms with Crippen molar-refractivity contribution in [3.63, 3.8) is 0 Å².